The van der Waals surface area contributed by atoms with E-state index in [9.17, 15) is 4.79 Å². The van der Waals surface area contributed by atoms with Gasteiger partial charge in [-0.15, -0.1) is 0 Å². The van der Waals surface area contributed by atoms with Gasteiger partial charge in [0.15, 0.2) is 0 Å². The molecular formula is C5H13NO4. The summed E-state index contributed by atoms with van der Waals surface area (Å²) in [6.45, 7) is 1.39. The van der Waals surface area contributed by atoms with Gasteiger partial charge < -0.3 is 20.7 Å². The summed E-state index contributed by atoms with van der Waals surface area (Å²) < 4.78 is 3.89. The SMILES string of the molecule is CC(O)CO.COC(N)=O. The van der Waals surface area contributed by atoms with Gasteiger partial charge in [0.2, 0.25) is 0 Å². The molecule has 0 saturated carbocycles. The number of carbonyl (C=O) groups excluding carboxylic acids is 1. The summed E-state index contributed by atoms with van der Waals surface area (Å²) in [4.78, 5) is 9.37. The molecule has 0 spiro atoms. The van der Waals surface area contributed by atoms with Crippen LogP contribution >= 0.6 is 0 Å². The molecule has 4 N–H and O–H groups in total. The number of primary amides is 1. The van der Waals surface area contributed by atoms with E-state index >= 15 is 0 Å². The number of hydrogen-bond acceptors (Lipinski definition) is 4. The minimum absolute atomic E-state index is 0.139. The Labute approximate surface area is 59.4 Å². The van der Waals surface area contributed by atoms with Gasteiger partial charge in [-0.1, -0.05) is 0 Å². The Hall–Kier alpha value is -0.810. The van der Waals surface area contributed by atoms with Crippen LogP contribution in [0.3, 0.4) is 0 Å². The highest BCUT2D eigenvalue weighted by Gasteiger charge is 1.83. The van der Waals surface area contributed by atoms with Gasteiger partial charge in [0, 0.05) is 0 Å². The maximum atomic E-state index is 9.37. The Bertz CT molecular complexity index is 83.7. The third-order valence-electron chi connectivity index (χ3n) is 0.465. The molecule has 0 heterocycles. The Kier molecular flexibility index (Phi) is 9.77. The summed E-state index contributed by atoms with van der Waals surface area (Å²) in [5.74, 6) is 0. The number of ether oxygens (including phenoxy) is 1. The molecule has 0 radical (unpaired) electrons. The molecule has 0 aromatic heterocycles. The maximum Gasteiger partial charge on any atom is 0.404 e. The molecule has 0 rings (SSSR count). The zero-order valence-corrected chi connectivity index (χ0v) is 6.07. The lowest BCUT2D eigenvalue weighted by atomic mass is 10.5. The summed E-state index contributed by atoms with van der Waals surface area (Å²) in [6, 6.07) is 0. The highest BCUT2D eigenvalue weighted by molar-refractivity contribution is 5.64. The van der Waals surface area contributed by atoms with Gasteiger partial charge in [0.25, 0.3) is 0 Å². The number of methoxy groups -OCH3 is 1. The van der Waals surface area contributed by atoms with Crippen LogP contribution < -0.4 is 5.73 Å². The van der Waals surface area contributed by atoms with Crippen molar-refractivity contribution in [1.29, 1.82) is 0 Å². The van der Waals surface area contributed by atoms with E-state index in [2.05, 4.69) is 10.5 Å². The van der Waals surface area contributed by atoms with Crippen molar-refractivity contribution in [3.63, 3.8) is 0 Å². The standard InChI is InChI=1S/C3H8O2.C2H5NO2/c1-3(5)2-4;1-5-2(3)4/h3-5H,2H2,1H3;1H3,(H2,3,4). The summed E-state index contributed by atoms with van der Waals surface area (Å²) in [7, 11) is 1.22. The first-order valence-corrected chi connectivity index (χ1v) is 2.67. The number of amides is 1. The zero-order valence-electron chi connectivity index (χ0n) is 6.07. The Morgan fingerprint density at radius 3 is 2.00 bits per heavy atom. The van der Waals surface area contributed by atoms with Gasteiger partial charge in [0.1, 0.15) is 0 Å². The molecule has 0 saturated heterocycles. The van der Waals surface area contributed by atoms with Crippen molar-refractivity contribution in [2.45, 2.75) is 13.0 Å². The van der Waals surface area contributed by atoms with Gasteiger partial charge >= 0.3 is 6.09 Å². The first kappa shape index (κ1) is 11.9. The molecule has 0 aliphatic carbocycles. The van der Waals surface area contributed by atoms with Crippen molar-refractivity contribution in [1.82, 2.24) is 0 Å². The normalized spacial score (nSPS) is 10.8. The average molecular weight is 151 g/mol. The number of nitrogens with two attached hydrogens (primary N) is 1. The van der Waals surface area contributed by atoms with Crippen LogP contribution in [0, 0.1) is 0 Å². The van der Waals surface area contributed by atoms with Crippen molar-refractivity contribution in [3.8, 4) is 0 Å². The van der Waals surface area contributed by atoms with Crippen LogP contribution in [-0.2, 0) is 4.74 Å². The van der Waals surface area contributed by atoms with E-state index in [4.69, 9.17) is 10.2 Å². The first-order chi connectivity index (χ1) is 4.54. The van der Waals surface area contributed by atoms with Crippen LogP contribution in [0.25, 0.3) is 0 Å². The van der Waals surface area contributed by atoms with Gasteiger partial charge in [-0.05, 0) is 6.92 Å². The molecule has 0 fully saturated rings. The van der Waals surface area contributed by atoms with Crippen molar-refractivity contribution in [3.05, 3.63) is 0 Å². The Morgan fingerprint density at radius 1 is 1.80 bits per heavy atom. The van der Waals surface area contributed by atoms with E-state index in [1.54, 1.807) is 0 Å². The van der Waals surface area contributed by atoms with E-state index in [0.717, 1.165) is 0 Å². The second kappa shape index (κ2) is 8.19. The lowest BCUT2D eigenvalue weighted by molar-refractivity contribution is 0.110. The summed E-state index contributed by atoms with van der Waals surface area (Å²) in [6.07, 6.45) is -1.31. The fourth-order valence-electron chi connectivity index (χ4n) is 0. The maximum absolute atomic E-state index is 9.37. The van der Waals surface area contributed by atoms with Crippen molar-refractivity contribution in [2.24, 2.45) is 5.73 Å². The largest absolute Gasteiger partial charge is 0.453 e. The van der Waals surface area contributed by atoms with Gasteiger partial charge in [-0.3, -0.25) is 0 Å². The number of aliphatic hydroxyl groups is 2. The van der Waals surface area contributed by atoms with Crippen LogP contribution in [0.1, 0.15) is 6.92 Å². The van der Waals surface area contributed by atoms with E-state index in [1.165, 1.54) is 14.0 Å². The summed E-state index contributed by atoms with van der Waals surface area (Å²) in [5, 5.41) is 16.0. The molecule has 1 unspecified atom stereocenters. The molecule has 0 aliphatic heterocycles. The molecule has 10 heavy (non-hydrogen) atoms. The Balaban J connectivity index is 0. The third-order valence-corrected chi connectivity index (χ3v) is 0.465. The monoisotopic (exact) mass is 151 g/mol. The second-order valence-electron chi connectivity index (χ2n) is 1.55. The number of rotatable bonds is 1. The van der Waals surface area contributed by atoms with Crippen LogP contribution in [0.4, 0.5) is 4.79 Å². The van der Waals surface area contributed by atoms with Gasteiger partial charge in [0.05, 0.1) is 19.8 Å². The van der Waals surface area contributed by atoms with Crippen LogP contribution in [-0.4, -0.2) is 36.1 Å². The second-order valence-corrected chi connectivity index (χ2v) is 1.55. The predicted octanol–water partition coefficient (Wildman–Crippen LogP) is -0.929. The van der Waals surface area contributed by atoms with Crippen LogP contribution in [0.15, 0.2) is 0 Å². The quantitative estimate of drug-likeness (QED) is 0.451. The average Bonchev–Trinajstić information content (AvgIpc) is 1.89. The molecule has 5 nitrogen and oxygen atoms in total. The third kappa shape index (κ3) is 27.1. The smallest absolute Gasteiger partial charge is 0.404 e. The molecule has 0 bridgehead atoms. The summed E-state index contributed by atoms with van der Waals surface area (Å²) in [5.41, 5.74) is 4.43. The highest BCUT2D eigenvalue weighted by Crippen LogP contribution is 1.68. The first-order valence-electron chi connectivity index (χ1n) is 2.67. The van der Waals surface area contributed by atoms with Crippen molar-refractivity contribution in [2.75, 3.05) is 13.7 Å². The topological polar surface area (TPSA) is 92.8 Å². The van der Waals surface area contributed by atoms with E-state index in [-0.39, 0.29) is 6.61 Å². The van der Waals surface area contributed by atoms with E-state index in [1.807, 2.05) is 0 Å². The van der Waals surface area contributed by atoms with Gasteiger partial charge in [-0.25, -0.2) is 4.79 Å². The number of hydrogen-bond donors (Lipinski definition) is 3. The molecular weight excluding hydrogens is 138 g/mol. The van der Waals surface area contributed by atoms with E-state index in [0.29, 0.717) is 0 Å². The molecule has 0 aromatic rings. The fourth-order valence-corrected chi connectivity index (χ4v) is 0. The molecule has 5 heteroatoms. The fraction of sp³-hybridized carbons (Fsp3) is 0.800. The van der Waals surface area contributed by atoms with E-state index < -0.39 is 12.2 Å². The van der Waals surface area contributed by atoms with Crippen molar-refractivity contribution < 1.29 is 19.7 Å². The van der Waals surface area contributed by atoms with Crippen LogP contribution in [0.5, 0.6) is 0 Å². The predicted molar refractivity (Wildman–Crippen MR) is 35.4 cm³/mol. The Morgan fingerprint density at radius 2 is 2.00 bits per heavy atom. The molecule has 1 atom stereocenters. The summed E-state index contributed by atoms with van der Waals surface area (Å²) >= 11 is 0. The molecule has 0 aromatic carbocycles. The van der Waals surface area contributed by atoms with Gasteiger partial charge in [-0.2, -0.15) is 0 Å². The minimum Gasteiger partial charge on any atom is -0.453 e. The zero-order chi connectivity index (χ0) is 8.57. The van der Waals surface area contributed by atoms with Crippen LogP contribution in [0.2, 0.25) is 0 Å². The number of aliphatic hydroxyl groups excluding tert-OH is 2. The highest BCUT2D eigenvalue weighted by atomic mass is 16.5. The number of carbonyl (C=O) groups is 1. The van der Waals surface area contributed by atoms with Crippen molar-refractivity contribution >= 4 is 6.09 Å². The minimum atomic E-state index is -0.745. The lowest BCUT2D eigenvalue weighted by Gasteiger charge is -1.90. The molecule has 1 amide bonds. The molecule has 0 aliphatic rings. The lowest BCUT2D eigenvalue weighted by Crippen LogP contribution is -2.08. The molecule has 62 valence electrons.